The van der Waals surface area contributed by atoms with E-state index in [9.17, 15) is 0 Å². The summed E-state index contributed by atoms with van der Waals surface area (Å²) in [5, 5.41) is 0.843. The van der Waals surface area contributed by atoms with Crippen molar-refractivity contribution in [1.29, 1.82) is 0 Å². The van der Waals surface area contributed by atoms with Gasteiger partial charge in [-0.15, -0.1) is 11.8 Å². The van der Waals surface area contributed by atoms with Gasteiger partial charge in [0.25, 0.3) is 0 Å². The fourth-order valence-corrected chi connectivity index (χ4v) is 4.93. The van der Waals surface area contributed by atoms with Crippen molar-refractivity contribution in [3.8, 4) is 0 Å². The van der Waals surface area contributed by atoms with E-state index in [1.54, 1.807) is 0 Å². The summed E-state index contributed by atoms with van der Waals surface area (Å²) in [5.74, 6) is 4.72. The number of hydrogen-bond donors (Lipinski definition) is 0. The number of allylic oxidation sites excluding steroid dienone is 2. The van der Waals surface area contributed by atoms with Crippen LogP contribution >= 0.6 is 11.8 Å². The molecule has 4 rings (SSSR count). The molecule has 4 atom stereocenters. The smallest absolute Gasteiger partial charge is 0.117 e. The molecule has 2 aliphatic carbocycles. The Morgan fingerprint density at radius 2 is 2.21 bits per heavy atom. The van der Waals surface area contributed by atoms with Crippen molar-refractivity contribution >= 4 is 11.8 Å². The van der Waals surface area contributed by atoms with Crippen LogP contribution < -0.4 is 0 Å². The molecule has 1 fully saturated rings. The third-order valence-electron chi connectivity index (χ3n) is 3.93. The lowest BCUT2D eigenvalue weighted by atomic mass is 9.86. The molecule has 0 amide bonds. The second-order valence-electron chi connectivity index (χ2n) is 4.55. The zero-order chi connectivity index (χ0) is 9.12. The number of fused-ring (bicyclic) bond motifs is 7. The van der Waals surface area contributed by atoms with E-state index in [0.29, 0.717) is 0 Å². The molecule has 3 aliphatic rings. The summed E-state index contributed by atoms with van der Waals surface area (Å²) in [6.45, 7) is 0. The molecule has 1 aromatic rings. The first-order valence-corrected chi connectivity index (χ1v) is 6.34. The van der Waals surface area contributed by atoms with E-state index >= 15 is 0 Å². The Morgan fingerprint density at radius 3 is 3.21 bits per heavy atom. The van der Waals surface area contributed by atoms with Crippen molar-refractivity contribution in [3.05, 3.63) is 35.8 Å². The van der Waals surface area contributed by atoms with Crippen molar-refractivity contribution in [2.45, 2.75) is 23.3 Å². The Kier molecular flexibility index (Phi) is 1.35. The van der Waals surface area contributed by atoms with Crippen LogP contribution in [0.1, 0.15) is 23.7 Å². The van der Waals surface area contributed by atoms with Gasteiger partial charge in [0.1, 0.15) is 5.76 Å². The van der Waals surface area contributed by atoms with Crippen LogP contribution in [0.4, 0.5) is 0 Å². The zero-order valence-corrected chi connectivity index (χ0v) is 8.67. The van der Waals surface area contributed by atoms with Crippen molar-refractivity contribution in [2.24, 2.45) is 11.8 Å². The number of rotatable bonds is 0. The van der Waals surface area contributed by atoms with Crippen LogP contribution in [0.3, 0.4) is 0 Å². The Labute approximate surface area is 87.6 Å². The lowest BCUT2D eigenvalue weighted by Crippen LogP contribution is -2.24. The van der Waals surface area contributed by atoms with Gasteiger partial charge in [-0.1, -0.05) is 12.2 Å². The van der Waals surface area contributed by atoms with Crippen molar-refractivity contribution in [2.75, 3.05) is 0 Å². The molecule has 0 spiro atoms. The maximum atomic E-state index is 5.53. The molecule has 0 saturated heterocycles. The van der Waals surface area contributed by atoms with E-state index in [4.69, 9.17) is 4.42 Å². The first-order chi connectivity index (χ1) is 6.93. The molecule has 1 saturated carbocycles. The van der Waals surface area contributed by atoms with E-state index in [0.717, 1.165) is 28.8 Å². The third kappa shape index (κ3) is 0.789. The monoisotopic (exact) mass is 204 g/mol. The van der Waals surface area contributed by atoms with Crippen molar-refractivity contribution < 1.29 is 4.42 Å². The molecule has 2 heterocycles. The highest BCUT2D eigenvalue weighted by Gasteiger charge is 2.48. The minimum atomic E-state index is 0.762. The average molecular weight is 204 g/mol. The van der Waals surface area contributed by atoms with E-state index in [-0.39, 0.29) is 0 Å². The molecule has 1 aromatic heterocycles. The fourth-order valence-electron chi connectivity index (χ4n) is 3.35. The molecular weight excluding hydrogens is 192 g/mol. The second kappa shape index (κ2) is 2.48. The summed E-state index contributed by atoms with van der Waals surface area (Å²) in [6, 6.07) is 2.20. The van der Waals surface area contributed by atoms with Crippen LogP contribution in [0.2, 0.25) is 0 Å². The van der Waals surface area contributed by atoms with Gasteiger partial charge in [0.2, 0.25) is 0 Å². The minimum Gasteiger partial charge on any atom is -0.468 e. The Bertz CT molecular complexity index is 406. The van der Waals surface area contributed by atoms with Crippen molar-refractivity contribution in [3.63, 3.8) is 0 Å². The van der Waals surface area contributed by atoms with Gasteiger partial charge in [0.15, 0.2) is 0 Å². The van der Waals surface area contributed by atoms with Gasteiger partial charge in [-0.25, -0.2) is 0 Å². The normalized spacial score (nSPS) is 42.6. The molecule has 2 bridgehead atoms. The maximum Gasteiger partial charge on any atom is 0.117 e. The van der Waals surface area contributed by atoms with Crippen LogP contribution in [0, 0.1) is 11.8 Å². The molecule has 0 N–H and O–H groups in total. The van der Waals surface area contributed by atoms with Gasteiger partial charge in [-0.05, 0) is 29.9 Å². The quantitative estimate of drug-likeness (QED) is 0.602. The summed E-state index contributed by atoms with van der Waals surface area (Å²) in [5.41, 5.74) is 1.51. The average Bonchev–Trinajstić information content (AvgIpc) is 2.92. The van der Waals surface area contributed by atoms with E-state index in [1.807, 2.05) is 6.26 Å². The first kappa shape index (κ1) is 7.63. The predicted molar refractivity (Wildman–Crippen MR) is 57.3 cm³/mol. The van der Waals surface area contributed by atoms with Gasteiger partial charge >= 0.3 is 0 Å². The highest BCUT2D eigenvalue weighted by molar-refractivity contribution is 7.99. The van der Waals surface area contributed by atoms with Gasteiger partial charge < -0.3 is 4.42 Å². The third-order valence-corrected chi connectivity index (χ3v) is 5.39. The predicted octanol–water partition coefficient (Wildman–Crippen LogP) is 3.18. The first-order valence-electron chi connectivity index (χ1n) is 5.29. The highest BCUT2D eigenvalue weighted by atomic mass is 32.2. The van der Waals surface area contributed by atoms with Crippen LogP contribution in [-0.4, -0.2) is 5.25 Å². The van der Waals surface area contributed by atoms with Crippen LogP contribution in [0.25, 0.3) is 0 Å². The topological polar surface area (TPSA) is 13.1 Å². The van der Waals surface area contributed by atoms with Gasteiger partial charge in [-0.2, -0.15) is 0 Å². The molecule has 14 heavy (non-hydrogen) atoms. The molecule has 0 radical (unpaired) electrons. The molecular formula is C12H12OS. The van der Waals surface area contributed by atoms with Crippen LogP contribution in [0.5, 0.6) is 0 Å². The van der Waals surface area contributed by atoms with E-state index in [2.05, 4.69) is 30.0 Å². The number of thioether (sulfide) groups is 1. The van der Waals surface area contributed by atoms with E-state index < -0.39 is 0 Å². The largest absolute Gasteiger partial charge is 0.468 e. The lowest BCUT2D eigenvalue weighted by molar-refractivity contribution is 0.501. The summed E-state index contributed by atoms with van der Waals surface area (Å²) in [4.78, 5) is 0. The van der Waals surface area contributed by atoms with Gasteiger partial charge in [-0.3, -0.25) is 0 Å². The standard InChI is InChI=1S/C12H12OS/c1-2-8-5-7(1)11-9-3-4-13-10(9)6-14-12(8)11/h1-4,7-8,11-12H,5-6H2/t7-,8+,11-,12-/m0/s1. The zero-order valence-electron chi connectivity index (χ0n) is 7.85. The summed E-state index contributed by atoms with van der Waals surface area (Å²) >= 11 is 2.10. The molecule has 0 unspecified atom stereocenters. The summed E-state index contributed by atoms with van der Waals surface area (Å²) in [7, 11) is 0. The lowest BCUT2D eigenvalue weighted by Gasteiger charge is -2.31. The number of furan rings is 1. The maximum absolute atomic E-state index is 5.53. The molecule has 1 aliphatic heterocycles. The minimum absolute atomic E-state index is 0.762. The van der Waals surface area contributed by atoms with E-state index in [1.165, 1.54) is 17.7 Å². The number of hydrogen-bond acceptors (Lipinski definition) is 2. The molecule has 0 aromatic carbocycles. The van der Waals surface area contributed by atoms with Crippen LogP contribution in [-0.2, 0) is 5.75 Å². The van der Waals surface area contributed by atoms with Crippen LogP contribution in [0.15, 0.2) is 28.9 Å². The molecule has 2 heteroatoms. The summed E-state index contributed by atoms with van der Waals surface area (Å²) in [6.07, 6.45) is 8.11. The van der Waals surface area contributed by atoms with Crippen molar-refractivity contribution in [1.82, 2.24) is 0 Å². The van der Waals surface area contributed by atoms with Gasteiger partial charge in [0, 0.05) is 11.2 Å². The second-order valence-corrected chi connectivity index (χ2v) is 5.72. The fraction of sp³-hybridized carbons (Fsp3) is 0.500. The Balaban J connectivity index is 1.87. The molecule has 72 valence electrons. The highest BCUT2D eigenvalue weighted by Crippen LogP contribution is 2.57. The Hall–Kier alpha value is -0.630. The molecule has 1 nitrogen and oxygen atoms in total. The van der Waals surface area contributed by atoms with Gasteiger partial charge in [0.05, 0.1) is 12.0 Å². The Morgan fingerprint density at radius 1 is 1.29 bits per heavy atom. The SMILES string of the molecule is C1=C[C@H]2C[C@@H]1[C@@H]1SCc3occc3[C@@H]12. The summed E-state index contributed by atoms with van der Waals surface area (Å²) < 4.78 is 5.53.